The van der Waals surface area contributed by atoms with Crippen molar-refractivity contribution in [2.45, 2.75) is 26.1 Å². The van der Waals surface area contributed by atoms with Crippen LogP contribution < -0.4 is 9.47 Å². The van der Waals surface area contributed by atoms with Gasteiger partial charge in [0.1, 0.15) is 0 Å². The number of ether oxygens (including phenoxy) is 2. The van der Waals surface area contributed by atoms with E-state index in [0.717, 1.165) is 33.5 Å². The van der Waals surface area contributed by atoms with Crippen LogP contribution in [0.1, 0.15) is 18.1 Å². The summed E-state index contributed by atoms with van der Waals surface area (Å²) in [6, 6.07) is 13.7. The average Bonchev–Trinajstić information content (AvgIpc) is 3.09. The number of benzene rings is 2. The highest BCUT2D eigenvalue weighted by Crippen LogP contribution is 2.33. The summed E-state index contributed by atoms with van der Waals surface area (Å²) >= 11 is 6.19. The molecule has 0 bridgehead atoms. The van der Waals surface area contributed by atoms with Gasteiger partial charge in [0.25, 0.3) is 0 Å². The Bertz CT molecular complexity index is 961. The third-order valence-electron chi connectivity index (χ3n) is 4.55. The number of fused-ring (bicyclic) bond motifs is 2. The molecule has 2 heterocycles. The van der Waals surface area contributed by atoms with E-state index >= 15 is 0 Å². The summed E-state index contributed by atoms with van der Waals surface area (Å²) in [6.07, 6.45) is 1.38. The molecule has 1 atom stereocenters. The molecular weight excluding hydrogens is 364 g/mol. The van der Waals surface area contributed by atoms with Crippen LogP contribution in [-0.2, 0) is 13.1 Å². The van der Waals surface area contributed by atoms with Crippen molar-refractivity contribution in [1.82, 2.24) is 9.88 Å². The van der Waals surface area contributed by atoms with Gasteiger partial charge >= 0.3 is 0 Å². The van der Waals surface area contributed by atoms with E-state index in [2.05, 4.69) is 9.88 Å². The topological polar surface area (TPSA) is 54.8 Å². The Morgan fingerprint density at radius 1 is 1.11 bits per heavy atom. The van der Waals surface area contributed by atoms with Crippen molar-refractivity contribution >= 4 is 22.5 Å². The van der Waals surface area contributed by atoms with E-state index in [-0.39, 0.29) is 6.79 Å². The minimum absolute atomic E-state index is 0.264. The number of aliphatic hydroxyl groups is 1. The van der Waals surface area contributed by atoms with Gasteiger partial charge in [-0.25, -0.2) is 0 Å². The molecule has 1 aliphatic rings. The second kappa shape index (κ2) is 7.72. The van der Waals surface area contributed by atoms with Crippen LogP contribution in [0.3, 0.4) is 0 Å². The van der Waals surface area contributed by atoms with Gasteiger partial charge in [-0.2, -0.15) is 0 Å². The van der Waals surface area contributed by atoms with Crippen LogP contribution in [0.15, 0.2) is 48.7 Å². The van der Waals surface area contributed by atoms with Crippen molar-refractivity contribution in [3.63, 3.8) is 0 Å². The van der Waals surface area contributed by atoms with Gasteiger partial charge < -0.3 is 14.6 Å². The molecule has 1 aliphatic heterocycles. The number of rotatable bonds is 6. The highest BCUT2D eigenvalue weighted by atomic mass is 35.5. The fraction of sp³-hybridized carbons (Fsp3) is 0.286. The minimum Gasteiger partial charge on any atom is -0.454 e. The SMILES string of the molecule is CC(O)CN(Cc1ccc2c(c1)OCO2)Cc1ccnc2ccc(Cl)cc12. The summed E-state index contributed by atoms with van der Waals surface area (Å²) in [5, 5.41) is 11.7. The first-order valence-corrected chi connectivity index (χ1v) is 9.28. The molecule has 0 saturated heterocycles. The first-order valence-electron chi connectivity index (χ1n) is 8.90. The highest BCUT2D eigenvalue weighted by molar-refractivity contribution is 6.31. The maximum atomic E-state index is 9.97. The lowest BCUT2D eigenvalue weighted by Gasteiger charge is -2.24. The Morgan fingerprint density at radius 2 is 1.96 bits per heavy atom. The normalized spacial score (nSPS) is 14.1. The van der Waals surface area contributed by atoms with Crippen LogP contribution in [0.25, 0.3) is 10.9 Å². The molecule has 0 aliphatic carbocycles. The van der Waals surface area contributed by atoms with Crippen molar-refractivity contribution in [1.29, 1.82) is 0 Å². The molecule has 0 amide bonds. The Labute approximate surface area is 163 Å². The smallest absolute Gasteiger partial charge is 0.231 e. The molecule has 6 heteroatoms. The number of nitrogens with zero attached hydrogens (tertiary/aromatic N) is 2. The van der Waals surface area contributed by atoms with Gasteiger partial charge in [-0.15, -0.1) is 0 Å². The molecule has 1 N–H and O–H groups in total. The van der Waals surface area contributed by atoms with Gasteiger partial charge in [0.05, 0.1) is 11.6 Å². The number of pyridine rings is 1. The van der Waals surface area contributed by atoms with Gasteiger partial charge in [-0.1, -0.05) is 17.7 Å². The van der Waals surface area contributed by atoms with E-state index in [4.69, 9.17) is 21.1 Å². The summed E-state index contributed by atoms with van der Waals surface area (Å²) in [7, 11) is 0. The fourth-order valence-electron chi connectivity index (χ4n) is 3.41. The van der Waals surface area contributed by atoms with Crippen LogP contribution in [-0.4, -0.2) is 34.4 Å². The Hall–Kier alpha value is -2.34. The van der Waals surface area contributed by atoms with Crippen molar-refractivity contribution in [2.75, 3.05) is 13.3 Å². The summed E-state index contributed by atoms with van der Waals surface area (Å²) in [4.78, 5) is 6.62. The predicted molar refractivity (Wildman–Crippen MR) is 105 cm³/mol. The molecule has 4 rings (SSSR count). The molecule has 5 nitrogen and oxygen atoms in total. The van der Waals surface area contributed by atoms with E-state index < -0.39 is 6.10 Å². The first-order chi connectivity index (χ1) is 13.1. The molecule has 0 fully saturated rings. The van der Waals surface area contributed by atoms with Gasteiger partial charge in [0.2, 0.25) is 6.79 Å². The van der Waals surface area contributed by atoms with E-state index in [1.807, 2.05) is 48.7 Å². The summed E-state index contributed by atoms with van der Waals surface area (Å²) in [6.45, 7) is 3.98. The molecule has 1 unspecified atom stereocenters. The molecular formula is C21H21ClN2O3. The third kappa shape index (κ3) is 4.16. The van der Waals surface area contributed by atoms with E-state index in [1.165, 1.54) is 0 Å². The summed E-state index contributed by atoms with van der Waals surface area (Å²) < 4.78 is 10.9. The molecule has 0 radical (unpaired) electrons. The molecule has 0 spiro atoms. The quantitative estimate of drug-likeness (QED) is 0.696. The zero-order chi connectivity index (χ0) is 18.8. The first kappa shape index (κ1) is 18.0. The lowest BCUT2D eigenvalue weighted by Crippen LogP contribution is -2.30. The standard InChI is InChI=1S/C21H21ClN2O3/c1-14(25)10-24(11-15-2-5-20-21(8-15)27-13-26-20)12-16-6-7-23-19-4-3-17(22)9-18(16)19/h2-9,14,25H,10-13H2,1H3. The lowest BCUT2D eigenvalue weighted by molar-refractivity contribution is 0.118. The van der Waals surface area contributed by atoms with E-state index in [1.54, 1.807) is 6.92 Å². The van der Waals surface area contributed by atoms with Gasteiger partial charge in [0.15, 0.2) is 11.5 Å². The van der Waals surface area contributed by atoms with Gasteiger partial charge in [-0.3, -0.25) is 9.88 Å². The lowest BCUT2D eigenvalue weighted by atomic mass is 10.1. The molecule has 0 saturated carbocycles. The fourth-order valence-corrected chi connectivity index (χ4v) is 3.58. The largest absolute Gasteiger partial charge is 0.454 e. The number of hydrogen-bond acceptors (Lipinski definition) is 5. The number of aliphatic hydroxyl groups excluding tert-OH is 1. The second-order valence-electron chi connectivity index (χ2n) is 6.84. The van der Waals surface area contributed by atoms with Gasteiger partial charge in [-0.05, 0) is 54.4 Å². The van der Waals surface area contributed by atoms with E-state index in [0.29, 0.717) is 24.7 Å². The van der Waals surface area contributed by atoms with Crippen LogP contribution in [0, 0.1) is 0 Å². The minimum atomic E-state index is -0.435. The van der Waals surface area contributed by atoms with Crippen LogP contribution in [0.5, 0.6) is 11.5 Å². The maximum Gasteiger partial charge on any atom is 0.231 e. The van der Waals surface area contributed by atoms with Gasteiger partial charge in [0, 0.05) is 36.2 Å². The van der Waals surface area contributed by atoms with Crippen molar-refractivity contribution in [3.8, 4) is 11.5 Å². The Kier molecular flexibility index (Phi) is 5.16. The van der Waals surface area contributed by atoms with Crippen molar-refractivity contribution in [3.05, 3.63) is 64.8 Å². The molecule has 140 valence electrons. The highest BCUT2D eigenvalue weighted by Gasteiger charge is 2.16. The Balaban J connectivity index is 1.60. The van der Waals surface area contributed by atoms with Crippen molar-refractivity contribution in [2.24, 2.45) is 0 Å². The number of hydrogen-bond donors (Lipinski definition) is 1. The maximum absolute atomic E-state index is 9.97. The number of halogens is 1. The monoisotopic (exact) mass is 384 g/mol. The second-order valence-corrected chi connectivity index (χ2v) is 7.27. The third-order valence-corrected chi connectivity index (χ3v) is 4.79. The summed E-state index contributed by atoms with van der Waals surface area (Å²) in [5.41, 5.74) is 3.15. The van der Waals surface area contributed by atoms with Crippen LogP contribution in [0.4, 0.5) is 0 Å². The van der Waals surface area contributed by atoms with Crippen LogP contribution in [0.2, 0.25) is 5.02 Å². The Morgan fingerprint density at radius 3 is 2.81 bits per heavy atom. The zero-order valence-corrected chi connectivity index (χ0v) is 15.8. The zero-order valence-electron chi connectivity index (χ0n) is 15.1. The average molecular weight is 385 g/mol. The molecule has 2 aromatic carbocycles. The van der Waals surface area contributed by atoms with Crippen LogP contribution >= 0.6 is 11.6 Å². The van der Waals surface area contributed by atoms with Crippen molar-refractivity contribution < 1.29 is 14.6 Å². The molecule has 3 aromatic rings. The summed E-state index contributed by atoms with van der Waals surface area (Å²) in [5.74, 6) is 1.54. The molecule has 27 heavy (non-hydrogen) atoms. The predicted octanol–water partition coefficient (Wildman–Crippen LogP) is 4.00. The van der Waals surface area contributed by atoms with E-state index in [9.17, 15) is 5.11 Å². The molecule has 1 aromatic heterocycles. The number of aromatic nitrogens is 1.